The van der Waals surface area contributed by atoms with Gasteiger partial charge in [0.15, 0.2) is 0 Å². The predicted molar refractivity (Wildman–Crippen MR) is 72.2 cm³/mol. The maximum absolute atomic E-state index is 11.6. The predicted octanol–water partition coefficient (Wildman–Crippen LogP) is 2.99. The Morgan fingerprint density at radius 3 is 2.72 bits per heavy atom. The average Bonchev–Trinajstić information content (AvgIpc) is 2.73. The monoisotopic (exact) mass is 241 g/mol. The Morgan fingerprint density at radius 2 is 2.06 bits per heavy atom. The average molecular weight is 241 g/mol. The minimum atomic E-state index is -0.367. The maximum atomic E-state index is 11.6. The van der Waals surface area contributed by atoms with Crippen LogP contribution in [0.4, 0.5) is 0 Å². The van der Waals surface area contributed by atoms with Crippen molar-refractivity contribution in [3.05, 3.63) is 53.2 Å². The molecule has 1 aliphatic rings. The standard InChI is InChI=1S/C15H15NO2/c1-3-18-15(17)14-10-13(11(2)16-14)9-12-7-5-4-6-8-12/h4-10H,3H2,1-2H3/b13-9-. The lowest BCUT2D eigenvalue weighted by molar-refractivity contribution is -0.138. The van der Waals surface area contributed by atoms with Gasteiger partial charge >= 0.3 is 5.97 Å². The number of allylic oxidation sites excluding steroid dienone is 2. The third-order valence-electron chi connectivity index (χ3n) is 2.60. The molecule has 0 N–H and O–H groups in total. The Balaban J connectivity index is 2.24. The molecule has 3 heteroatoms. The fraction of sp³-hybridized carbons (Fsp3) is 0.200. The summed E-state index contributed by atoms with van der Waals surface area (Å²) in [4.78, 5) is 15.8. The van der Waals surface area contributed by atoms with Crippen molar-refractivity contribution in [1.29, 1.82) is 0 Å². The Labute approximate surface area is 107 Å². The summed E-state index contributed by atoms with van der Waals surface area (Å²) in [6.45, 7) is 4.03. The van der Waals surface area contributed by atoms with E-state index in [0.29, 0.717) is 12.3 Å². The highest BCUT2D eigenvalue weighted by molar-refractivity contribution is 6.11. The highest BCUT2D eigenvalue weighted by atomic mass is 16.5. The smallest absolute Gasteiger partial charge is 0.356 e. The van der Waals surface area contributed by atoms with Crippen LogP contribution in [0.2, 0.25) is 0 Å². The summed E-state index contributed by atoms with van der Waals surface area (Å²) < 4.78 is 4.93. The number of benzene rings is 1. The molecule has 0 saturated carbocycles. The van der Waals surface area contributed by atoms with E-state index < -0.39 is 0 Å². The van der Waals surface area contributed by atoms with Crippen LogP contribution in [0.3, 0.4) is 0 Å². The summed E-state index contributed by atoms with van der Waals surface area (Å²) >= 11 is 0. The molecule has 3 nitrogen and oxygen atoms in total. The molecule has 1 aromatic carbocycles. The molecule has 0 atom stereocenters. The third kappa shape index (κ3) is 2.74. The second kappa shape index (κ2) is 5.45. The summed E-state index contributed by atoms with van der Waals surface area (Å²) in [6, 6.07) is 9.94. The lowest BCUT2D eigenvalue weighted by Gasteiger charge is -1.97. The molecule has 0 unspecified atom stereocenters. The first-order valence-electron chi connectivity index (χ1n) is 5.92. The molecule has 92 valence electrons. The number of hydrogen-bond acceptors (Lipinski definition) is 3. The van der Waals surface area contributed by atoms with E-state index in [1.54, 1.807) is 13.0 Å². The van der Waals surface area contributed by atoms with Gasteiger partial charge in [-0.05, 0) is 37.1 Å². The van der Waals surface area contributed by atoms with E-state index in [-0.39, 0.29) is 5.97 Å². The number of hydrogen-bond donors (Lipinski definition) is 0. The van der Waals surface area contributed by atoms with Gasteiger partial charge in [-0.1, -0.05) is 30.3 Å². The minimum Gasteiger partial charge on any atom is -0.461 e. The van der Waals surface area contributed by atoms with Crippen molar-refractivity contribution in [1.82, 2.24) is 0 Å². The normalized spacial score (nSPS) is 16.4. The fourth-order valence-corrected chi connectivity index (χ4v) is 1.71. The lowest BCUT2D eigenvalue weighted by Crippen LogP contribution is -2.04. The van der Waals surface area contributed by atoms with Crippen LogP contribution in [0.25, 0.3) is 6.08 Å². The molecule has 0 fully saturated rings. The van der Waals surface area contributed by atoms with Crippen molar-refractivity contribution in [2.75, 3.05) is 6.61 Å². The fourth-order valence-electron chi connectivity index (χ4n) is 1.71. The van der Waals surface area contributed by atoms with Gasteiger partial charge in [0.2, 0.25) is 0 Å². The second-order valence-electron chi connectivity index (χ2n) is 3.96. The van der Waals surface area contributed by atoms with Gasteiger partial charge in [0.05, 0.1) is 6.61 Å². The summed E-state index contributed by atoms with van der Waals surface area (Å²) in [6.07, 6.45) is 3.77. The quantitative estimate of drug-likeness (QED) is 0.763. The molecule has 0 saturated heterocycles. The highest BCUT2D eigenvalue weighted by Gasteiger charge is 2.17. The van der Waals surface area contributed by atoms with E-state index in [1.165, 1.54) is 0 Å². The van der Waals surface area contributed by atoms with Crippen LogP contribution < -0.4 is 0 Å². The molecular weight excluding hydrogens is 226 g/mol. The van der Waals surface area contributed by atoms with Crippen LogP contribution >= 0.6 is 0 Å². The van der Waals surface area contributed by atoms with E-state index in [0.717, 1.165) is 16.8 Å². The van der Waals surface area contributed by atoms with Gasteiger partial charge in [-0.2, -0.15) is 0 Å². The zero-order valence-electron chi connectivity index (χ0n) is 10.5. The highest BCUT2D eigenvalue weighted by Crippen LogP contribution is 2.20. The molecule has 0 aromatic heterocycles. The van der Waals surface area contributed by atoms with E-state index >= 15 is 0 Å². The first-order valence-corrected chi connectivity index (χ1v) is 5.92. The van der Waals surface area contributed by atoms with Gasteiger partial charge in [0.1, 0.15) is 5.70 Å². The Bertz CT molecular complexity index is 539. The molecule has 1 aliphatic heterocycles. The Morgan fingerprint density at radius 1 is 1.33 bits per heavy atom. The van der Waals surface area contributed by atoms with Gasteiger partial charge < -0.3 is 4.74 Å². The molecule has 0 radical (unpaired) electrons. The zero-order valence-corrected chi connectivity index (χ0v) is 10.5. The van der Waals surface area contributed by atoms with Crippen LogP contribution in [-0.4, -0.2) is 18.3 Å². The van der Waals surface area contributed by atoms with Crippen LogP contribution in [-0.2, 0) is 9.53 Å². The molecule has 0 bridgehead atoms. The first-order chi connectivity index (χ1) is 8.70. The van der Waals surface area contributed by atoms with Crippen LogP contribution in [0.5, 0.6) is 0 Å². The maximum Gasteiger partial charge on any atom is 0.356 e. The Kier molecular flexibility index (Phi) is 3.72. The molecule has 0 aliphatic carbocycles. The molecule has 1 heterocycles. The number of carbonyl (C=O) groups is 1. The van der Waals surface area contributed by atoms with E-state index in [4.69, 9.17) is 4.74 Å². The van der Waals surface area contributed by atoms with Crippen molar-refractivity contribution in [3.8, 4) is 0 Å². The molecule has 2 rings (SSSR count). The lowest BCUT2D eigenvalue weighted by atomic mass is 10.1. The van der Waals surface area contributed by atoms with E-state index in [2.05, 4.69) is 4.99 Å². The number of ether oxygens (including phenoxy) is 1. The van der Waals surface area contributed by atoms with Gasteiger partial charge in [-0.3, -0.25) is 0 Å². The molecule has 18 heavy (non-hydrogen) atoms. The van der Waals surface area contributed by atoms with Crippen molar-refractivity contribution in [3.63, 3.8) is 0 Å². The molecule has 1 aromatic rings. The Hall–Kier alpha value is -2.16. The van der Waals surface area contributed by atoms with Crippen molar-refractivity contribution in [2.45, 2.75) is 13.8 Å². The number of aliphatic imine (C=N–C) groups is 1. The topological polar surface area (TPSA) is 38.7 Å². The third-order valence-corrected chi connectivity index (χ3v) is 2.60. The summed E-state index contributed by atoms with van der Waals surface area (Å²) in [7, 11) is 0. The van der Waals surface area contributed by atoms with Crippen LogP contribution in [0.1, 0.15) is 19.4 Å². The van der Waals surface area contributed by atoms with Crippen molar-refractivity contribution < 1.29 is 9.53 Å². The largest absolute Gasteiger partial charge is 0.461 e. The van der Waals surface area contributed by atoms with Gasteiger partial charge in [-0.25, -0.2) is 9.79 Å². The number of nitrogens with zero attached hydrogens (tertiary/aromatic N) is 1. The molecule has 0 amide bonds. The second-order valence-corrected chi connectivity index (χ2v) is 3.96. The van der Waals surface area contributed by atoms with Crippen LogP contribution in [0, 0.1) is 0 Å². The number of rotatable bonds is 3. The van der Waals surface area contributed by atoms with Gasteiger partial charge in [-0.15, -0.1) is 0 Å². The van der Waals surface area contributed by atoms with Gasteiger partial charge in [0.25, 0.3) is 0 Å². The molecule has 0 spiro atoms. The number of carbonyl (C=O) groups excluding carboxylic acids is 1. The summed E-state index contributed by atoms with van der Waals surface area (Å²) in [5.41, 5.74) is 3.24. The molecular formula is C15H15NO2. The summed E-state index contributed by atoms with van der Waals surface area (Å²) in [5.74, 6) is -0.367. The minimum absolute atomic E-state index is 0.364. The van der Waals surface area contributed by atoms with Crippen molar-refractivity contribution >= 4 is 17.8 Å². The summed E-state index contributed by atoms with van der Waals surface area (Å²) in [5, 5.41) is 0. The SMILES string of the molecule is CCOC(=O)C1=C/C(=C/c2ccccc2)C(C)=N1. The van der Waals surface area contributed by atoms with E-state index in [9.17, 15) is 4.79 Å². The van der Waals surface area contributed by atoms with Crippen LogP contribution in [0.15, 0.2) is 52.7 Å². The van der Waals surface area contributed by atoms with Gasteiger partial charge in [0, 0.05) is 5.71 Å². The zero-order chi connectivity index (χ0) is 13.0. The van der Waals surface area contributed by atoms with E-state index in [1.807, 2.05) is 43.3 Å². The van der Waals surface area contributed by atoms with Crippen molar-refractivity contribution in [2.24, 2.45) is 4.99 Å². The number of esters is 1. The first kappa shape index (κ1) is 12.3.